The second-order valence-electron chi connectivity index (χ2n) is 5.14. The first kappa shape index (κ1) is 12.1. The zero-order valence-corrected chi connectivity index (χ0v) is 11.4. The van der Waals surface area contributed by atoms with Gasteiger partial charge < -0.3 is 20.9 Å². The number of aromatic nitrogens is 2. The summed E-state index contributed by atoms with van der Waals surface area (Å²) in [5.41, 5.74) is 7.91. The molecule has 1 aromatic rings. The number of nitrogens with one attached hydrogen (secondary N) is 1. The number of nitrogens with zero attached hydrogens (tertiary/aromatic N) is 4. The first-order valence-electron chi connectivity index (χ1n) is 6.72. The van der Waals surface area contributed by atoms with Crippen molar-refractivity contribution in [3.63, 3.8) is 0 Å². The molecule has 7 heteroatoms. The van der Waals surface area contributed by atoms with Crippen LogP contribution in [-0.2, 0) is 13.5 Å². The predicted octanol–water partition coefficient (Wildman–Crippen LogP) is -0.221. The van der Waals surface area contributed by atoms with E-state index in [1.54, 1.807) is 0 Å². The average molecular weight is 264 g/mol. The molecule has 2 aliphatic heterocycles. The van der Waals surface area contributed by atoms with Crippen LogP contribution in [0.15, 0.2) is 0 Å². The molecule has 3 N–H and O–H groups in total. The molecule has 104 valence electrons. The lowest BCUT2D eigenvalue weighted by atomic mass is 10.2. The number of nitrogens with two attached hydrogens (primary N) is 1. The van der Waals surface area contributed by atoms with Crippen LogP contribution >= 0.6 is 0 Å². The number of nitrogen functional groups attached to an aromatic ring is 1. The number of aryl methyl sites for hydroxylation is 2. The summed E-state index contributed by atoms with van der Waals surface area (Å²) in [5, 5.41) is 7.34. The fourth-order valence-corrected chi connectivity index (χ4v) is 3.02. The van der Waals surface area contributed by atoms with Gasteiger partial charge in [-0.1, -0.05) is 6.92 Å². The van der Waals surface area contributed by atoms with Gasteiger partial charge in [-0.05, 0) is 6.42 Å². The number of carbonyl (C=O) groups is 1. The lowest BCUT2D eigenvalue weighted by Crippen LogP contribution is -2.52. The Morgan fingerprint density at radius 1 is 1.47 bits per heavy atom. The molecule has 7 nitrogen and oxygen atoms in total. The van der Waals surface area contributed by atoms with Gasteiger partial charge in [0.2, 0.25) is 0 Å². The van der Waals surface area contributed by atoms with Crippen LogP contribution in [0.2, 0.25) is 0 Å². The molecule has 1 aromatic heterocycles. The summed E-state index contributed by atoms with van der Waals surface area (Å²) < 4.78 is 1.86. The molecule has 19 heavy (non-hydrogen) atoms. The highest BCUT2D eigenvalue weighted by Gasteiger charge is 2.36. The topological polar surface area (TPSA) is 79.4 Å². The van der Waals surface area contributed by atoms with Crippen molar-refractivity contribution < 1.29 is 4.79 Å². The Morgan fingerprint density at radius 3 is 2.95 bits per heavy atom. The molecule has 0 spiro atoms. The minimum atomic E-state index is 0.0527. The third kappa shape index (κ3) is 1.80. The third-order valence-corrected chi connectivity index (χ3v) is 4.00. The summed E-state index contributed by atoms with van der Waals surface area (Å²) in [6.45, 7) is 5.12. The molecule has 0 bridgehead atoms. The predicted molar refractivity (Wildman–Crippen MR) is 73.1 cm³/mol. The molecule has 0 saturated carbocycles. The van der Waals surface area contributed by atoms with Crippen molar-refractivity contribution in [1.29, 1.82) is 0 Å². The van der Waals surface area contributed by atoms with E-state index in [1.807, 2.05) is 16.6 Å². The number of anilines is 2. The highest BCUT2D eigenvalue weighted by molar-refractivity contribution is 5.77. The maximum atomic E-state index is 11.6. The number of fused-ring (bicyclic) bond motifs is 1. The van der Waals surface area contributed by atoms with Gasteiger partial charge >= 0.3 is 6.03 Å². The van der Waals surface area contributed by atoms with E-state index in [4.69, 9.17) is 5.73 Å². The molecule has 2 fully saturated rings. The molecule has 2 saturated heterocycles. The van der Waals surface area contributed by atoms with Crippen LogP contribution in [0.5, 0.6) is 0 Å². The van der Waals surface area contributed by atoms with Gasteiger partial charge in [-0.15, -0.1) is 0 Å². The van der Waals surface area contributed by atoms with Crippen molar-refractivity contribution in [2.45, 2.75) is 19.4 Å². The molecule has 1 unspecified atom stereocenters. The molecular weight excluding hydrogens is 244 g/mol. The van der Waals surface area contributed by atoms with Crippen molar-refractivity contribution in [3.05, 3.63) is 5.69 Å². The largest absolute Gasteiger partial charge is 0.394 e. The van der Waals surface area contributed by atoms with E-state index in [1.165, 1.54) is 0 Å². The van der Waals surface area contributed by atoms with E-state index in [9.17, 15) is 4.79 Å². The summed E-state index contributed by atoms with van der Waals surface area (Å²) in [6, 6.07) is 0.289. The van der Waals surface area contributed by atoms with Crippen LogP contribution in [0.1, 0.15) is 12.6 Å². The smallest absolute Gasteiger partial charge is 0.317 e. The number of carbonyl (C=O) groups excluding carboxylic acids is 1. The van der Waals surface area contributed by atoms with E-state index in [0.29, 0.717) is 6.54 Å². The second-order valence-corrected chi connectivity index (χ2v) is 5.14. The van der Waals surface area contributed by atoms with Gasteiger partial charge in [0.05, 0.1) is 17.4 Å². The van der Waals surface area contributed by atoms with Gasteiger partial charge in [0.1, 0.15) is 0 Å². The number of hydrogen-bond donors (Lipinski definition) is 2. The molecule has 2 aliphatic rings. The Hall–Kier alpha value is -1.92. The van der Waals surface area contributed by atoms with Gasteiger partial charge in [0, 0.05) is 33.2 Å². The maximum Gasteiger partial charge on any atom is 0.317 e. The van der Waals surface area contributed by atoms with Crippen molar-refractivity contribution in [2.24, 2.45) is 7.05 Å². The fraction of sp³-hybridized carbons (Fsp3) is 0.667. The normalized spacial score (nSPS) is 22.6. The average Bonchev–Trinajstić information content (AvgIpc) is 2.90. The lowest BCUT2D eigenvalue weighted by molar-refractivity contribution is 0.197. The second kappa shape index (κ2) is 4.32. The molecular formula is C12H20N6O. The first-order valence-corrected chi connectivity index (χ1v) is 6.72. The maximum absolute atomic E-state index is 11.6. The van der Waals surface area contributed by atoms with Crippen LogP contribution in [-0.4, -0.2) is 52.9 Å². The minimum absolute atomic E-state index is 0.0527. The SMILES string of the molecule is CCc1nn(C)c(N2CCN3C(=O)NCC3C2)c1N. The fourth-order valence-electron chi connectivity index (χ4n) is 3.02. The molecule has 3 heterocycles. The van der Waals surface area contributed by atoms with E-state index >= 15 is 0 Å². The summed E-state index contributed by atoms with van der Waals surface area (Å²) >= 11 is 0. The molecule has 2 amide bonds. The highest BCUT2D eigenvalue weighted by atomic mass is 16.2. The third-order valence-electron chi connectivity index (χ3n) is 4.00. The van der Waals surface area contributed by atoms with E-state index in [2.05, 4.69) is 22.2 Å². The highest BCUT2D eigenvalue weighted by Crippen LogP contribution is 2.29. The van der Waals surface area contributed by atoms with Crippen LogP contribution in [0.3, 0.4) is 0 Å². The van der Waals surface area contributed by atoms with Gasteiger partial charge in [-0.25, -0.2) is 4.79 Å². The van der Waals surface area contributed by atoms with Crippen LogP contribution < -0.4 is 16.0 Å². The van der Waals surface area contributed by atoms with Crippen LogP contribution in [0.25, 0.3) is 0 Å². The number of amides is 2. The van der Waals surface area contributed by atoms with Gasteiger partial charge in [-0.2, -0.15) is 5.10 Å². The summed E-state index contributed by atoms with van der Waals surface area (Å²) in [6.07, 6.45) is 0.836. The number of rotatable bonds is 2. The van der Waals surface area contributed by atoms with Crippen LogP contribution in [0, 0.1) is 0 Å². The minimum Gasteiger partial charge on any atom is -0.394 e. The van der Waals surface area contributed by atoms with E-state index in [-0.39, 0.29) is 12.1 Å². The Bertz CT molecular complexity index is 511. The van der Waals surface area contributed by atoms with Crippen molar-refractivity contribution >= 4 is 17.5 Å². The quantitative estimate of drug-likeness (QED) is 0.774. The molecule has 0 aromatic carbocycles. The zero-order valence-electron chi connectivity index (χ0n) is 11.4. The Kier molecular flexibility index (Phi) is 2.76. The number of hydrogen-bond acceptors (Lipinski definition) is 4. The van der Waals surface area contributed by atoms with Crippen molar-refractivity contribution in [3.8, 4) is 0 Å². The summed E-state index contributed by atoms with van der Waals surface area (Å²) in [7, 11) is 1.93. The first-order chi connectivity index (χ1) is 9.11. The number of piperazine rings is 1. The Labute approximate surface area is 112 Å². The van der Waals surface area contributed by atoms with Crippen molar-refractivity contribution in [2.75, 3.05) is 36.8 Å². The summed E-state index contributed by atoms with van der Waals surface area (Å²) in [4.78, 5) is 15.7. The Balaban J connectivity index is 1.84. The van der Waals surface area contributed by atoms with E-state index in [0.717, 1.165) is 43.3 Å². The van der Waals surface area contributed by atoms with Crippen molar-refractivity contribution in [1.82, 2.24) is 20.0 Å². The Morgan fingerprint density at radius 2 is 2.26 bits per heavy atom. The van der Waals surface area contributed by atoms with Crippen LogP contribution in [0.4, 0.5) is 16.3 Å². The monoisotopic (exact) mass is 264 g/mol. The van der Waals surface area contributed by atoms with Gasteiger partial charge in [-0.3, -0.25) is 4.68 Å². The number of urea groups is 1. The van der Waals surface area contributed by atoms with Gasteiger partial charge in [0.25, 0.3) is 0 Å². The standard InChI is InChI=1S/C12H20N6O/c1-3-9-10(13)11(16(2)15-9)17-4-5-18-8(7-17)6-14-12(18)19/h8H,3-7,13H2,1-2H3,(H,14,19). The molecule has 0 radical (unpaired) electrons. The molecule has 1 atom stereocenters. The van der Waals surface area contributed by atoms with Gasteiger partial charge in [0.15, 0.2) is 5.82 Å². The molecule has 3 rings (SSSR count). The zero-order chi connectivity index (χ0) is 13.6. The lowest BCUT2D eigenvalue weighted by Gasteiger charge is -2.37. The summed E-state index contributed by atoms with van der Waals surface area (Å²) in [5.74, 6) is 0.982. The van der Waals surface area contributed by atoms with E-state index < -0.39 is 0 Å². The molecule has 0 aliphatic carbocycles.